The van der Waals surface area contributed by atoms with E-state index in [9.17, 15) is 14.4 Å². The van der Waals surface area contributed by atoms with Gasteiger partial charge >= 0.3 is 11.9 Å². The monoisotopic (exact) mass is 308 g/mol. The van der Waals surface area contributed by atoms with E-state index in [1.807, 2.05) is 20.8 Å². The van der Waals surface area contributed by atoms with Crippen molar-refractivity contribution in [3.05, 3.63) is 23.8 Å². The predicted molar refractivity (Wildman–Crippen MR) is 79.4 cm³/mol. The van der Waals surface area contributed by atoms with E-state index in [2.05, 4.69) is 10.9 Å². The molecule has 120 valence electrons. The first-order valence-corrected chi connectivity index (χ1v) is 6.67. The van der Waals surface area contributed by atoms with Crippen LogP contribution in [0.5, 0.6) is 11.5 Å². The van der Waals surface area contributed by atoms with Crippen LogP contribution in [0.15, 0.2) is 18.2 Å². The molecule has 1 aromatic rings. The van der Waals surface area contributed by atoms with Crippen molar-refractivity contribution in [2.24, 2.45) is 0 Å². The molecule has 0 saturated heterocycles. The maximum atomic E-state index is 12.0. The van der Waals surface area contributed by atoms with Crippen LogP contribution in [0, 0.1) is 0 Å². The topological polar surface area (TPSA) is 93.7 Å². The van der Waals surface area contributed by atoms with Gasteiger partial charge in [-0.25, -0.2) is 5.43 Å². The number of hydrogen-bond acceptors (Lipinski definition) is 6. The zero-order chi connectivity index (χ0) is 16.9. The third-order valence-corrected chi connectivity index (χ3v) is 2.26. The molecule has 0 aromatic heterocycles. The average Bonchev–Trinajstić information content (AvgIpc) is 2.36. The van der Waals surface area contributed by atoms with Gasteiger partial charge in [0, 0.05) is 24.9 Å². The molecule has 1 amide bonds. The number of carbonyl (C=O) groups is 3. The highest BCUT2D eigenvalue weighted by atomic mass is 16.6. The van der Waals surface area contributed by atoms with Crippen LogP contribution in [0.2, 0.25) is 0 Å². The Kier molecular flexibility index (Phi) is 5.64. The SMILES string of the molecule is CC(=O)Oc1ccc(C(=O)NNC(C)(C)C)cc1OC(C)=O. The van der Waals surface area contributed by atoms with Gasteiger partial charge in [-0.15, -0.1) is 0 Å². The zero-order valence-electron chi connectivity index (χ0n) is 13.3. The number of hydrogen-bond donors (Lipinski definition) is 2. The van der Waals surface area contributed by atoms with Crippen molar-refractivity contribution in [1.29, 1.82) is 0 Å². The van der Waals surface area contributed by atoms with E-state index in [4.69, 9.17) is 9.47 Å². The van der Waals surface area contributed by atoms with Crippen LogP contribution >= 0.6 is 0 Å². The van der Waals surface area contributed by atoms with Gasteiger partial charge in [0.15, 0.2) is 11.5 Å². The summed E-state index contributed by atoms with van der Waals surface area (Å²) in [5.74, 6) is -1.47. The maximum absolute atomic E-state index is 12.0. The smallest absolute Gasteiger partial charge is 0.308 e. The van der Waals surface area contributed by atoms with Gasteiger partial charge < -0.3 is 9.47 Å². The second-order valence-corrected chi connectivity index (χ2v) is 5.68. The summed E-state index contributed by atoms with van der Waals surface area (Å²) in [6.07, 6.45) is 0. The number of amides is 1. The van der Waals surface area contributed by atoms with Crippen molar-refractivity contribution >= 4 is 17.8 Å². The van der Waals surface area contributed by atoms with Gasteiger partial charge in [0.25, 0.3) is 5.91 Å². The van der Waals surface area contributed by atoms with Crippen molar-refractivity contribution in [2.75, 3.05) is 0 Å². The van der Waals surface area contributed by atoms with E-state index in [1.165, 1.54) is 32.0 Å². The van der Waals surface area contributed by atoms with Gasteiger partial charge in [0.1, 0.15) is 0 Å². The summed E-state index contributed by atoms with van der Waals surface area (Å²) in [5.41, 5.74) is 5.33. The Morgan fingerprint density at radius 2 is 1.50 bits per heavy atom. The molecule has 0 bridgehead atoms. The number of nitrogens with one attached hydrogen (secondary N) is 2. The third-order valence-electron chi connectivity index (χ3n) is 2.26. The Morgan fingerprint density at radius 1 is 0.955 bits per heavy atom. The van der Waals surface area contributed by atoms with Gasteiger partial charge in [-0.05, 0) is 39.0 Å². The standard InChI is InChI=1S/C15H20N2O5/c1-9(18)21-12-7-6-11(8-13(12)22-10(2)19)14(20)16-17-15(3,4)5/h6-8,17H,1-5H3,(H,16,20). The quantitative estimate of drug-likeness (QED) is 0.498. The summed E-state index contributed by atoms with van der Waals surface area (Å²) < 4.78 is 9.90. The summed E-state index contributed by atoms with van der Waals surface area (Å²) in [6, 6.07) is 4.19. The molecular formula is C15H20N2O5. The molecule has 2 N–H and O–H groups in total. The minimum absolute atomic E-state index is 0.00566. The van der Waals surface area contributed by atoms with Crippen LogP contribution in [-0.4, -0.2) is 23.4 Å². The first kappa shape index (κ1) is 17.6. The van der Waals surface area contributed by atoms with Crippen LogP contribution < -0.4 is 20.3 Å². The van der Waals surface area contributed by atoms with Crippen LogP contribution in [0.1, 0.15) is 45.0 Å². The van der Waals surface area contributed by atoms with Crippen molar-refractivity contribution in [3.63, 3.8) is 0 Å². The lowest BCUT2D eigenvalue weighted by Crippen LogP contribution is -2.48. The summed E-state index contributed by atoms with van der Waals surface area (Å²) in [6.45, 7) is 8.11. The van der Waals surface area contributed by atoms with Gasteiger partial charge in [-0.2, -0.15) is 0 Å². The van der Waals surface area contributed by atoms with E-state index >= 15 is 0 Å². The van der Waals surface area contributed by atoms with Gasteiger partial charge in [-0.3, -0.25) is 19.8 Å². The highest BCUT2D eigenvalue weighted by Gasteiger charge is 2.16. The number of ether oxygens (including phenoxy) is 2. The number of rotatable bonds is 4. The largest absolute Gasteiger partial charge is 0.423 e. The first-order valence-electron chi connectivity index (χ1n) is 6.67. The molecule has 0 aliphatic rings. The molecule has 7 heteroatoms. The Labute approximate surface area is 128 Å². The van der Waals surface area contributed by atoms with Crippen molar-refractivity contribution in [3.8, 4) is 11.5 Å². The normalized spacial score (nSPS) is 10.8. The number of esters is 2. The summed E-state index contributed by atoms with van der Waals surface area (Å²) in [4.78, 5) is 34.2. The fourth-order valence-corrected chi connectivity index (χ4v) is 1.44. The lowest BCUT2D eigenvalue weighted by Gasteiger charge is -2.21. The van der Waals surface area contributed by atoms with E-state index in [1.54, 1.807) is 0 Å². The van der Waals surface area contributed by atoms with Crippen molar-refractivity contribution < 1.29 is 23.9 Å². The minimum Gasteiger partial charge on any atom is -0.423 e. The molecule has 0 saturated carbocycles. The van der Waals surface area contributed by atoms with Gasteiger partial charge in [0.2, 0.25) is 0 Å². The molecule has 0 aliphatic carbocycles. The van der Waals surface area contributed by atoms with Gasteiger partial charge in [-0.1, -0.05) is 0 Å². The second-order valence-electron chi connectivity index (χ2n) is 5.68. The molecular weight excluding hydrogens is 288 g/mol. The van der Waals surface area contributed by atoms with Crippen LogP contribution in [0.4, 0.5) is 0 Å². The molecule has 0 radical (unpaired) electrons. The fraction of sp³-hybridized carbons (Fsp3) is 0.400. The highest BCUT2D eigenvalue weighted by molar-refractivity contribution is 5.95. The van der Waals surface area contributed by atoms with Crippen LogP contribution in [0.25, 0.3) is 0 Å². The molecule has 0 atom stereocenters. The minimum atomic E-state index is -0.584. The Morgan fingerprint density at radius 3 is 2.00 bits per heavy atom. The van der Waals surface area contributed by atoms with Crippen molar-refractivity contribution in [2.45, 2.75) is 40.2 Å². The molecule has 0 spiro atoms. The number of benzene rings is 1. The molecule has 0 heterocycles. The average molecular weight is 308 g/mol. The summed E-state index contributed by atoms with van der Waals surface area (Å²) >= 11 is 0. The van der Waals surface area contributed by atoms with Crippen LogP contribution in [0.3, 0.4) is 0 Å². The lowest BCUT2D eigenvalue weighted by atomic mass is 10.1. The second kappa shape index (κ2) is 7.04. The van der Waals surface area contributed by atoms with Crippen LogP contribution in [-0.2, 0) is 9.59 Å². The third kappa shape index (κ3) is 5.92. The van der Waals surface area contributed by atoms with E-state index in [-0.39, 0.29) is 22.6 Å². The fourth-order valence-electron chi connectivity index (χ4n) is 1.44. The Balaban J connectivity index is 2.99. The highest BCUT2D eigenvalue weighted by Crippen LogP contribution is 2.28. The summed E-state index contributed by atoms with van der Waals surface area (Å²) in [7, 11) is 0. The van der Waals surface area contributed by atoms with E-state index < -0.39 is 17.8 Å². The summed E-state index contributed by atoms with van der Waals surface area (Å²) in [5, 5.41) is 0. The Bertz CT molecular complexity index is 590. The zero-order valence-corrected chi connectivity index (χ0v) is 13.3. The molecule has 1 aromatic carbocycles. The molecule has 0 unspecified atom stereocenters. The molecule has 7 nitrogen and oxygen atoms in total. The van der Waals surface area contributed by atoms with Gasteiger partial charge in [0.05, 0.1) is 0 Å². The van der Waals surface area contributed by atoms with E-state index in [0.29, 0.717) is 0 Å². The first-order chi connectivity index (χ1) is 10.1. The molecule has 0 fully saturated rings. The predicted octanol–water partition coefficient (Wildman–Crippen LogP) is 1.57. The lowest BCUT2D eigenvalue weighted by molar-refractivity contribution is -0.134. The van der Waals surface area contributed by atoms with E-state index in [0.717, 1.165) is 0 Å². The molecule has 1 rings (SSSR count). The number of hydrazine groups is 1. The molecule has 0 aliphatic heterocycles. The number of carbonyl (C=O) groups excluding carboxylic acids is 3. The maximum Gasteiger partial charge on any atom is 0.308 e. The van der Waals surface area contributed by atoms with Crippen molar-refractivity contribution in [1.82, 2.24) is 10.9 Å². The molecule has 22 heavy (non-hydrogen) atoms. The Hall–Kier alpha value is -2.41.